The molecule has 0 aliphatic carbocycles. The Kier molecular flexibility index (Phi) is 57.4. The highest BCUT2D eigenvalue weighted by Crippen LogP contribution is 2.42. The van der Waals surface area contributed by atoms with Gasteiger partial charge < -0.3 is 59.1 Å². The quantitative estimate of drug-likeness (QED) is 0.0143. The van der Waals surface area contributed by atoms with Gasteiger partial charge in [0.2, 0.25) is 11.8 Å². The molecule has 22 heteroatoms. The van der Waals surface area contributed by atoms with Crippen LogP contribution >= 0.6 is 7.82 Å². The number of rotatable bonds is 67. The third kappa shape index (κ3) is 50.3. The maximum Gasteiger partial charge on any atom is 0.470 e. The van der Waals surface area contributed by atoms with Gasteiger partial charge in [-0.25, -0.2) is 9.36 Å². The van der Waals surface area contributed by atoms with Crippen LogP contribution in [-0.2, 0) is 71.1 Å². The van der Waals surface area contributed by atoms with Gasteiger partial charge in [-0.3, -0.25) is 33.3 Å². The Morgan fingerprint density at radius 2 is 0.742 bits per heavy atom. The van der Waals surface area contributed by atoms with Gasteiger partial charge in [-0.05, 0) is 57.8 Å². The maximum absolute atomic E-state index is 14.7. The molecule has 21 nitrogen and oxygen atoms in total. The molecule has 0 aromatic heterocycles. The van der Waals surface area contributed by atoms with Crippen LogP contribution in [0.15, 0.2) is 0 Å². The number of phosphoric acid groups is 1. The fourth-order valence-corrected chi connectivity index (χ4v) is 13.0. The number of nitrogens with one attached hydrogen (secondary N) is 2. The van der Waals surface area contributed by atoms with E-state index in [0.29, 0.717) is 51.4 Å². The first-order valence-electron chi connectivity index (χ1n) is 39.1. The Hall–Kier alpha value is -3.72. The smallest absolute Gasteiger partial charge is 0.470 e. The van der Waals surface area contributed by atoms with E-state index in [0.717, 1.165) is 186 Å². The van der Waals surface area contributed by atoms with Crippen LogP contribution in [0, 0.1) is 0 Å². The Morgan fingerprint density at radius 1 is 0.423 bits per heavy atom. The van der Waals surface area contributed by atoms with Gasteiger partial charge in [0, 0.05) is 19.3 Å². The highest BCUT2D eigenvalue weighted by Gasteiger charge is 2.52. The molecule has 6 N–H and O–H groups in total. The lowest BCUT2D eigenvalue weighted by atomic mass is 9.95. The van der Waals surface area contributed by atoms with Crippen molar-refractivity contribution in [3.8, 4) is 0 Å². The standard InChI is InChI=1S/C75H139N2O19P/c1-7-13-19-25-28-31-34-40-43-49-60(91-67(81)52-46-37-22-16-10-4)55-65(79)76-63(74(85)86)59-90-75-71(77-66(80)56-61(92-68(82)53-47-38-23-17-11-5)50-44-41-35-32-29-26-20-14-8-2)73(72(64(58-78)94-75)96-97(87,88)89)95-70(84)57-62(93-69(83)54-48-39-24-18-12-6)51-45-42-36-33-30-27-21-15-9-3/h60-64,71-73,75,78H,7-59H2,1-6H3,(H,76,79)(H,77,80)(H,85,86)(H2,87,88,89)/t60-,61-,62-,63?,64?,71+,72+,73?,75-/m1/s1. The Bertz CT molecular complexity index is 2060. The summed E-state index contributed by atoms with van der Waals surface area (Å²) in [6.45, 7) is 10.9. The van der Waals surface area contributed by atoms with Crippen LogP contribution < -0.4 is 10.6 Å². The van der Waals surface area contributed by atoms with Crippen molar-refractivity contribution < 1.29 is 91.1 Å². The van der Waals surface area contributed by atoms with Gasteiger partial charge in [-0.15, -0.1) is 0 Å². The zero-order valence-corrected chi connectivity index (χ0v) is 62.4. The summed E-state index contributed by atoms with van der Waals surface area (Å²) < 4.78 is 54.5. The number of aliphatic hydroxyl groups excluding tert-OH is 1. The molecular formula is C75H139N2O19P. The van der Waals surface area contributed by atoms with Crippen molar-refractivity contribution in [2.45, 2.75) is 424 Å². The second-order valence-electron chi connectivity index (χ2n) is 27.4. The lowest BCUT2D eigenvalue weighted by Crippen LogP contribution is -2.66. The largest absolute Gasteiger partial charge is 0.480 e. The van der Waals surface area contributed by atoms with Crippen LogP contribution in [0.4, 0.5) is 0 Å². The van der Waals surface area contributed by atoms with Crippen molar-refractivity contribution >= 4 is 49.5 Å². The Morgan fingerprint density at radius 3 is 1.07 bits per heavy atom. The summed E-state index contributed by atoms with van der Waals surface area (Å²) in [6, 6.07) is -3.59. The number of amides is 2. The summed E-state index contributed by atoms with van der Waals surface area (Å²) in [5.74, 6) is -5.58. The second-order valence-corrected chi connectivity index (χ2v) is 28.6. The number of carboxylic acids is 1. The van der Waals surface area contributed by atoms with E-state index in [2.05, 4.69) is 52.2 Å². The third-order valence-corrected chi connectivity index (χ3v) is 18.7. The molecule has 9 atom stereocenters. The van der Waals surface area contributed by atoms with Crippen LogP contribution in [0.2, 0.25) is 0 Å². The Balaban J connectivity index is 3.83. The van der Waals surface area contributed by atoms with Crippen molar-refractivity contribution in [3.63, 3.8) is 0 Å². The van der Waals surface area contributed by atoms with E-state index < -0.39 is 131 Å². The molecule has 0 aromatic carbocycles. The van der Waals surface area contributed by atoms with Gasteiger partial charge in [0.05, 0.1) is 32.5 Å². The number of aliphatic carboxylic acids is 1. The normalized spacial score (nSPS) is 17.6. The molecule has 0 radical (unpaired) electrons. The molecule has 0 saturated carbocycles. The van der Waals surface area contributed by atoms with Gasteiger partial charge in [-0.1, -0.05) is 273 Å². The summed E-state index contributed by atoms with van der Waals surface area (Å²) in [7, 11) is -5.55. The molecule has 1 aliphatic heterocycles. The Labute approximate surface area is 585 Å². The van der Waals surface area contributed by atoms with E-state index in [4.69, 9.17) is 32.9 Å². The van der Waals surface area contributed by atoms with Crippen LogP contribution in [0.1, 0.15) is 369 Å². The van der Waals surface area contributed by atoms with E-state index in [-0.39, 0.29) is 32.1 Å². The van der Waals surface area contributed by atoms with Crippen molar-refractivity contribution in [2.75, 3.05) is 13.2 Å². The van der Waals surface area contributed by atoms with Crippen molar-refractivity contribution in [2.24, 2.45) is 0 Å². The summed E-state index contributed by atoms with van der Waals surface area (Å²) >= 11 is 0. The van der Waals surface area contributed by atoms with Crippen molar-refractivity contribution in [1.29, 1.82) is 0 Å². The summed E-state index contributed by atoms with van der Waals surface area (Å²) in [5, 5.41) is 26.8. The van der Waals surface area contributed by atoms with Crippen molar-refractivity contribution in [1.82, 2.24) is 10.6 Å². The average molecular weight is 1400 g/mol. The van der Waals surface area contributed by atoms with Crippen molar-refractivity contribution in [3.05, 3.63) is 0 Å². The zero-order valence-electron chi connectivity index (χ0n) is 61.5. The third-order valence-electron chi connectivity index (χ3n) is 18.2. The molecule has 1 saturated heterocycles. The van der Waals surface area contributed by atoms with E-state index in [1.165, 1.54) is 44.9 Å². The topological polar surface area (TPSA) is 306 Å². The SMILES string of the molecule is CCCCCCCCCCC[C@H](CC(=O)NC(CO[C@@H]1OC(CO)[C@H](OP(=O)(O)O)C(OC(=O)C[C@@H](CCCCCCCCCCC)OC(=O)CCCCCCC)[C@@H]1NC(=O)C[C@@H](CCCCCCCCCCC)OC(=O)CCCCCCC)C(=O)O)OC(=O)CCCCCCC. The molecule has 1 fully saturated rings. The molecule has 97 heavy (non-hydrogen) atoms. The minimum atomic E-state index is -5.55. The van der Waals surface area contributed by atoms with Crippen LogP contribution in [0.25, 0.3) is 0 Å². The number of aliphatic hydroxyl groups is 1. The molecule has 0 bridgehead atoms. The molecule has 1 aliphatic rings. The van der Waals surface area contributed by atoms with E-state index in [9.17, 15) is 58.1 Å². The monoisotopic (exact) mass is 1400 g/mol. The van der Waals surface area contributed by atoms with Gasteiger partial charge >= 0.3 is 37.7 Å². The van der Waals surface area contributed by atoms with Crippen LogP contribution in [-0.4, -0.2) is 130 Å². The average Bonchev–Trinajstić information content (AvgIpc) is 0.784. The number of esters is 4. The molecule has 3 unspecified atom stereocenters. The molecule has 2 amide bonds. The molecular weight excluding hydrogens is 1260 g/mol. The highest BCUT2D eigenvalue weighted by atomic mass is 31.2. The minimum absolute atomic E-state index is 0.120. The first kappa shape index (κ1) is 91.3. The number of hydrogen-bond acceptors (Lipinski definition) is 16. The van der Waals surface area contributed by atoms with Crippen LogP contribution in [0.5, 0.6) is 0 Å². The first-order valence-corrected chi connectivity index (χ1v) is 40.6. The molecule has 568 valence electrons. The summed E-state index contributed by atoms with van der Waals surface area (Å²) in [6.07, 6.45) is 30.8. The fourth-order valence-electron chi connectivity index (χ4n) is 12.4. The predicted octanol–water partition coefficient (Wildman–Crippen LogP) is 16.9. The summed E-state index contributed by atoms with van der Waals surface area (Å²) in [5.41, 5.74) is 0. The van der Waals surface area contributed by atoms with Crippen LogP contribution in [0.3, 0.4) is 0 Å². The van der Waals surface area contributed by atoms with Gasteiger partial charge in [0.25, 0.3) is 0 Å². The van der Waals surface area contributed by atoms with E-state index in [1.807, 2.05) is 0 Å². The number of hydrogen-bond donors (Lipinski definition) is 6. The molecule has 0 aromatic rings. The zero-order chi connectivity index (χ0) is 71.6. The molecule has 0 spiro atoms. The first-order chi connectivity index (χ1) is 46.8. The van der Waals surface area contributed by atoms with E-state index >= 15 is 0 Å². The molecule has 1 heterocycles. The highest BCUT2D eigenvalue weighted by molar-refractivity contribution is 7.46. The van der Waals surface area contributed by atoms with Gasteiger partial charge in [0.1, 0.15) is 36.6 Å². The fraction of sp³-hybridized carbons (Fsp3) is 0.907. The van der Waals surface area contributed by atoms with E-state index in [1.54, 1.807) is 0 Å². The minimum Gasteiger partial charge on any atom is -0.480 e. The number of carboxylic acid groups (broad SMARTS) is 1. The number of unbranched alkanes of at least 4 members (excludes halogenated alkanes) is 36. The second kappa shape index (κ2) is 61.0. The van der Waals surface area contributed by atoms with Gasteiger partial charge in [-0.2, -0.15) is 0 Å². The number of phosphoric ester groups is 1. The number of carbonyl (C=O) groups excluding carboxylic acids is 6. The van der Waals surface area contributed by atoms with Gasteiger partial charge in [0.15, 0.2) is 18.4 Å². The number of carbonyl (C=O) groups is 7. The lowest BCUT2D eigenvalue weighted by Gasteiger charge is -2.45. The molecule has 1 rings (SSSR count). The summed E-state index contributed by atoms with van der Waals surface area (Å²) in [4.78, 5) is 117. The predicted molar refractivity (Wildman–Crippen MR) is 379 cm³/mol. The maximum atomic E-state index is 14.7. The number of ether oxygens (including phenoxy) is 6. The lowest BCUT2D eigenvalue weighted by molar-refractivity contribution is -0.272.